The molecular formula is C10H17NO4. The lowest BCUT2D eigenvalue weighted by molar-refractivity contribution is -0.149. The van der Waals surface area contributed by atoms with Gasteiger partial charge in [-0.3, -0.25) is 0 Å². The van der Waals surface area contributed by atoms with E-state index in [9.17, 15) is 4.79 Å². The fourth-order valence-electron chi connectivity index (χ4n) is 2.03. The van der Waals surface area contributed by atoms with Crippen molar-refractivity contribution in [3.8, 4) is 0 Å². The first-order valence-corrected chi connectivity index (χ1v) is 5.45. The second-order valence-electron chi connectivity index (χ2n) is 4.13. The Hall–Kier alpha value is -0.650. The highest BCUT2D eigenvalue weighted by Gasteiger charge is 2.30. The van der Waals surface area contributed by atoms with Gasteiger partial charge in [0.2, 0.25) is 0 Å². The van der Waals surface area contributed by atoms with Crippen LogP contribution >= 0.6 is 0 Å². The van der Waals surface area contributed by atoms with E-state index in [4.69, 9.17) is 14.6 Å². The third kappa shape index (κ3) is 2.90. The quantitative estimate of drug-likeness (QED) is 0.690. The average molecular weight is 215 g/mol. The molecule has 2 aliphatic rings. The Kier molecular flexibility index (Phi) is 3.56. The largest absolute Gasteiger partial charge is 0.479 e. The van der Waals surface area contributed by atoms with Crippen LogP contribution in [0.4, 0.5) is 0 Å². The molecule has 5 heteroatoms. The van der Waals surface area contributed by atoms with Gasteiger partial charge < -0.3 is 19.9 Å². The van der Waals surface area contributed by atoms with Crippen LogP contribution in [0.3, 0.4) is 0 Å². The number of nitrogens with one attached hydrogen (secondary N) is 1. The molecule has 0 aromatic heterocycles. The highest BCUT2D eigenvalue weighted by molar-refractivity contribution is 5.72. The first-order valence-electron chi connectivity index (χ1n) is 5.45. The maximum atomic E-state index is 10.6. The van der Waals surface area contributed by atoms with Gasteiger partial charge in [0.1, 0.15) is 0 Å². The van der Waals surface area contributed by atoms with Crippen molar-refractivity contribution < 1.29 is 19.4 Å². The van der Waals surface area contributed by atoms with Crippen molar-refractivity contribution in [2.75, 3.05) is 19.8 Å². The predicted molar refractivity (Wildman–Crippen MR) is 52.8 cm³/mol. The Morgan fingerprint density at radius 1 is 1.40 bits per heavy atom. The van der Waals surface area contributed by atoms with Gasteiger partial charge in [-0.2, -0.15) is 0 Å². The van der Waals surface area contributed by atoms with E-state index in [0.717, 1.165) is 32.6 Å². The minimum Gasteiger partial charge on any atom is -0.479 e. The molecule has 2 aliphatic heterocycles. The number of aliphatic carboxylic acids is 1. The smallest absolute Gasteiger partial charge is 0.332 e. The molecule has 0 aliphatic carbocycles. The van der Waals surface area contributed by atoms with Crippen molar-refractivity contribution in [3.63, 3.8) is 0 Å². The summed E-state index contributed by atoms with van der Waals surface area (Å²) in [5.74, 6) is -0.846. The molecular weight excluding hydrogens is 198 g/mol. The van der Waals surface area contributed by atoms with Crippen LogP contribution in [0.15, 0.2) is 0 Å². The number of carbonyl (C=O) groups is 1. The molecule has 2 saturated heterocycles. The monoisotopic (exact) mass is 215 g/mol. The van der Waals surface area contributed by atoms with Gasteiger partial charge in [0.05, 0.1) is 12.7 Å². The van der Waals surface area contributed by atoms with Gasteiger partial charge >= 0.3 is 5.97 Å². The summed E-state index contributed by atoms with van der Waals surface area (Å²) in [7, 11) is 0. The summed E-state index contributed by atoms with van der Waals surface area (Å²) in [6.45, 7) is 2.31. The Morgan fingerprint density at radius 3 is 2.87 bits per heavy atom. The highest BCUT2D eigenvalue weighted by Crippen LogP contribution is 2.19. The standard InChI is InChI=1S/C10H17NO4/c12-10(13)9-2-1-8(15-9)5-11-7-3-4-14-6-7/h7-9,11H,1-6H2,(H,12,13). The fraction of sp³-hybridized carbons (Fsp3) is 0.900. The third-order valence-electron chi connectivity index (χ3n) is 2.95. The number of ether oxygens (including phenoxy) is 2. The molecule has 5 nitrogen and oxygen atoms in total. The summed E-state index contributed by atoms with van der Waals surface area (Å²) in [6.07, 6.45) is 1.94. The zero-order valence-corrected chi connectivity index (χ0v) is 8.65. The number of carboxylic acid groups (broad SMARTS) is 1. The molecule has 3 unspecified atom stereocenters. The van der Waals surface area contributed by atoms with E-state index in [1.165, 1.54) is 0 Å². The molecule has 2 N–H and O–H groups in total. The van der Waals surface area contributed by atoms with Gasteiger partial charge in [-0.15, -0.1) is 0 Å². The normalized spacial score (nSPS) is 35.9. The van der Waals surface area contributed by atoms with Gasteiger partial charge in [-0.25, -0.2) is 4.79 Å². The van der Waals surface area contributed by atoms with Gasteiger partial charge in [0, 0.05) is 19.2 Å². The molecule has 15 heavy (non-hydrogen) atoms. The molecule has 86 valence electrons. The Bertz CT molecular complexity index is 227. The van der Waals surface area contributed by atoms with E-state index in [1.807, 2.05) is 0 Å². The molecule has 0 bridgehead atoms. The first kappa shape index (κ1) is 10.9. The van der Waals surface area contributed by atoms with Crippen molar-refractivity contribution in [3.05, 3.63) is 0 Å². The van der Waals surface area contributed by atoms with Crippen LogP contribution < -0.4 is 5.32 Å². The number of carboxylic acids is 1. The molecule has 0 aromatic rings. The van der Waals surface area contributed by atoms with Crippen LogP contribution in [0.2, 0.25) is 0 Å². The molecule has 2 heterocycles. The summed E-state index contributed by atoms with van der Waals surface area (Å²) in [4.78, 5) is 10.6. The SMILES string of the molecule is O=C(O)C1CCC(CNC2CCOC2)O1. The van der Waals surface area contributed by atoms with Crippen molar-refractivity contribution in [1.82, 2.24) is 5.32 Å². The van der Waals surface area contributed by atoms with Crippen molar-refractivity contribution in [2.24, 2.45) is 0 Å². The Morgan fingerprint density at radius 2 is 2.27 bits per heavy atom. The number of rotatable bonds is 4. The molecule has 0 aromatic carbocycles. The maximum Gasteiger partial charge on any atom is 0.332 e. The van der Waals surface area contributed by atoms with Gasteiger partial charge in [0.25, 0.3) is 0 Å². The predicted octanol–water partition coefficient (Wildman–Crippen LogP) is -0.00290. The molecule has 0 amide bonds. The van der Waals surface area contributed by atoms with Crippen LogP contribution in [-0.4, -0.2) is 49.1 Å². The van der Waals surface area contributed by atoms with Crippen LogP contribution in [-0.2, 0) is 14.3 Å². The molecule has 2 rings (SSSR count). The minimum absolute atomic E-state index is 0.0479. The Labute approximate surface area is 88.7 Å². The number of hydrogen-bond donors (Lipinski definition) is 2. The van der Waals surface area contributed by atoms with Crippen LogP contribution in [0.1, 0.15) is 19.3 Å². The van der Waals surface area contributed by atoms with E-state index in [2.05, 4.69) is 5.32 Å². The summed E-state index contributed by atoms with van der Waals surface area (Å²) in [5, 5.41) is 12.1. The van der Waals surface area contributed by atoms with Crippen LogP contribution in [0.25, 0.3) is 0 Å². The maximum absolute atomic E-state index is 10.6. The molecule has 0 spiro atoms. The van der Waals surface area contributed by atoms with Gasteiger partial charge in [0.15, 0.2) is 6.10 Å². The fourth-order valence-corrected chi connectivity index (χ4v) is 2.03. The lowest BCUT2D eigenvalue weighted by atomic mass is 10.2. The van der Waals surface area contributed by atoms with Gasteiger partial charge in [-0.1, -0.05) is 0 Å². The van der Waals surface area contributed by atoms with E-state index < -0.39 is 12.1 Å². The average Bonchev–Trinajstić information content (AvgIpc) is 2.86. The van der Waals surface area contributed by atoms with E-state index in [1.54, 1.807) is 0 Å². The molecule has 0 radical (unpaired) electrons. The van der Waals surface area contributed by atoms with E-state index >= 15 is 0 Å². The zero-order chi connectivity index (χ0) is 10.7. The summed E-state index contributed by atoms with van der Waals surface area (Å²) < 4.78 is 10.6. The minimum atomic E-state index is -0.846. The summed E-state index contributed by atoms with van der Waals surface area (Å²) in [6, 6.07) is 0.414. The number of hydrogen-bond acceptors (Lipinski definition) is 4. The second-order valence-corrected chi connectivity index (χ2v) is 4.13. The van der Waals surface area contributed by atoms with Crippen LogP contribution in [0, 0.1) is 0 Å². The van der Waals surface area contributed by atoms with Crippen molar-refractivity contribution in [2.45, 2.75) is 37.5 Å². The van der Waals surface area contributed by atoms with Gasteiger partial charge in [-0.05, 0) is 19.3 Å². The van der Waals surface area contributed by atoms with Crippen LogP contribution in [0.5, 0.6) is 0 Å². The second kappa shape index (κ2) is 4.92. The highest BCUT2D eigenvalue weighted by atomic mass is 16.5. The van der Waals surface area contributed by atoms with E-state index in [0.29, 0.717) is 12.5 Å². The lowest BCUT2D eigenvalue weighted by Crippen LogP contribution is -2.36. The molecule has 3 atom stereocenters. The zero-order valence-electron chi connectivity index (χ0n) is 8.65. The molecule has 0 saturated carbocycles. The Balaban J connectivity index is 1.66. The summed E-state index contributed by atoms with van der Waals surface area (Å²) in [5.41, 5.74) is 0. The van der Waals surface area contributed by atoms with Crippen molar-refractivity contribution >= 4 is 5.97 Å². The van der Waals surface area contributed by atoms with E-state index in [-0.39, 0.29) is 6.10 Å². The first-order chi connectivity index (χ1) is 7.25. The molecule has 2 fully saturated rings. The summed E-state index contributed by atoms with van der Waals surface area (Å²) >= 11 is 0. The topological polar surface area (TPSA) is 67.8 Å². The van der Waals surface area contributed by atoms with Crippen molar-refractivity contribution in [1.29, 1.82) is 0 Å². The lowest BCUT2D eigenvalue weighted by Gasteiger charge is -2.15. The third-order valence-corrected chi connectivity index (χ3v) is 2.95.